The van der Waals surface area contributed by atoms with Gasteiger partial charge in [0.2, 0.25) is 0 Å². The summed E-state index contributed by atoms with van der Waals surface area (Å²) in [5.41, 5.74) is 4.94. The molecular weight excluding hydrogens is 296 g/mol. The van der Waals surface area contributed by atoms with E-state index in [0.29, 0.717) is 12.4 Å². The molecule has 2 amide bonds. The van der Waals surface area contributed by atoms with Crippen molar-refractivity contribution in [2.24, 2.45) is 0 Å². The Morgan fingerprint density at radius 3 is 2.86 bits per heavy atom. The molecule has 0 unspecified atom stereocenters. The van der Waals surface area contributed by atoms with E-state index in [4.69, 9.17) is 0 Å². The van der Waals surface area contributed by atoms with E-state index in [2.05, 4.69) is 32.7 Å². The summed E-state index contributed by atoms with van der Waals surface area (Å²) in [6, 6.07) is 5.77. The van der Waals surface area contributed by atoms with Crippen molar-refractivity contribution in [1.29, 1.82) is 0 Å². The molecule has 2 heterocycles. The molecule has 2 N–H and O–H groups in total. The molecule has 0 spiro atoms. The molecule has 22 heavy (non-hydrogen) atoms. The molecule has 112 valence electrons. The van der Waals surface area contributed by atoms with Crippen molar-refractivity contribution in [2.75, 3.05) is 11.9 Å². The molecule has 0 aliphatic heterocycles. The first kappa shape index (κ1) is 14.5. The van der Waals surface area contributed by atoms with Gasteiger partial charge in [-0.15, -0.1) is 11.3 Å². The molecule has 0 aliphatic carbocycles. The van der Waals surface area contributed by atoms with Crippen LogP contribution in [0.4, 0.5) is 10.6 Å². The minimum atomic E-state index is -0.253. The van der Waals surface area contributed by atoms with Gasteiger partial charge in [-0.3, -0.25) is 5.32 Å². The van der Waals surface area contributed by atoms with Crippen LogP contribution in [-0.4, -0.2) is 22.5 Å². The lowest BCUT2D eigenvalue weighted by Gasteiger charge is -2.10. The summed E-state index contributed by atoms with van der Waals surface area (Å²) in [6.07, 6.45) is 1.79. The first-order chi connectivity index (χ1) is 10.7. The number of amides is 2. The highest BCUT2D eigenvalue weighted by atomic mass is 32.1. The number of urea groups is 1. The van der Waals surface area contributed by atoms with E-state index in [1.54, 1.807) is 17.5 Å². The van der Waals surface area contributed by atoms with Crippen LogP contribution in [0.2, 0.25) is 0 Å². The quantitative estimate of drug-likeness (QED) is 0.773. The Labute approximate surface area is 132 Å². The predicted molar refractivity (Wildman–Crippen MR) is 90.3 cm³/mol. The maximum absolute atomic E-state index is 11.7. The van der Waals surface area contributed by atoms with E-state index < -0.39 is 0 Å². The lowest BCUT2D eigenvalue weighted by Crippen LogP contribution is -2.28. The fourth-order valence-electron chi connectivity index (χ4n) is 2.34. The Hall–Kier alpha value is -2.47. The standard InChI is InChI=1S/C16H16N4OS/c1-3-17-16(21)20-15-6-12-11(14-8-22-9-19-14)5-4-10(2)13(12)7-18-15/h4-9H,3H2,1-2H3,(H2,17,18,20,21). The van der Waals surface area contributed by atoms with Gasteiger partial charge < -0.3 is 5.32 Å². The van der Waals surface area contributed by atoms with Gasteiger partial charge in [-0.2, -0.15) is 0 Å². The molecule has 0 fully saturated rings. The van der Waals surface area contributed by atoms with Gasteiger partial charge >= 0.3 is 6.03 Å². The topological polar surface area (TPSA) is 66.9 Å². The lowest BCUT2D eigenvalue weighted by atomic mass is 10.0. The van der Waals surface area contributed by atoms with Crippen LogP contribution in [0.5, 0.6) is 0 Å². The first-order valence-electron chi connectivity index (χ1n) is 7.02. The minimum Gasteiger partial charge on any atom is -0.338 e. The van der Waals surface area contributed by atoms with E-state index >= 15 is 0 Å². The number of fused-ring (bicyclic) bond motifs is 1. The summed E-state index contributed by atoms with van der Waals surface area (Å²) in [5.74, 6) is 0.528. The number of nitrogens with one attached hydrogen (secondary N) is 2. The number of benzene rings is 1. The Balaban J connectivity index is 2.09. The molecule has 2 aromatic heterocycles. The Bertz CT molecular complexity index is 814. The molecule has 0 saturated carbocycles. The van der Waals surface area contributed by atoms with Gasteiger partial charge in [0.25, 0.3) is 0 Å². The van der Waals surface area contributed by atoms with Crippen molar-refractivity contribution in [3.63, 3.8) is 0 Å². The molecule has 0 radical (unpaired) electrons. The largest absolute Gasteiger partial charge is 0.338 e. The third kappa shape index (κ3) is 2.78. The van der Waals surface area contributed by atoms with Crippen LogP contribution in [0.15, 0.2) is 35.3 Å². The van der Waals surface area contributed by atoms with E-state index in [-0.39, 0.29) is 6.03 Å². The van der Waals surface area contributed by atoms with Gasteiger partial charge in [0, 0.05) is 29.1 Å². The van der Waals surface area contributed by atoms with E-state index in [1.165, 1.54) is 0 Å². The van der Waals surface area contributed by atoms with Crippen molar-refractivity contribution < 1.29 is 4.79 Å². The van der Waals surface area contributed by atoms with E-state index in [1.807, 2.05) is 30.8 Å². The molecule has 0 aliphatic rings. The molecule has 3 rings (SSSR count). The molecule has 0 bridgehead atoms. The second-order valence-electron chi connectivity index (χ2n) is 4.90. The van der Waals surface area contributed by atoms with Crippen molar-refractivity contribution in [1.82, 2.24) is 15.3 Å². The van der Waals surface area contributed by atoms with Crippen LogP contribution >= 0.6 is 11.3 Å². The zero-order chi connectivity index (χ0) is 15.5. The summed E-state index contributed by atoms with van der Waals surface area (Å²) in [7, 11) is 0. The van der Waals surface area contributed by atoms with Crippen LogP contribution in [0.25, 0.3) is 22.0 Å². The average molecular weight is 312 g/mol. The number of aromatic nitrogens is 2. The third-order valence-corrected chi connectivity index (χ3v) is 3.99. The summed E-state index contributed by atoms with van der Waals surface area (Å²) < 4.78 is 0. The third-order valence-electron chi connectivity index (χ3n) is 3.41. The maximum atomic E-state index is 11.7. The number of carbonyl (C=O) groups excluding carboxylic acids is 1. The maximum Gasteiger partial charge on any atom is 0.320 e. The summed E-state index contributed by atoms with van der Waals surface area (Å²) in [4.78, 5) is 20.4. The van der Waals surface area contributed by atoms with Crippen molar-refractivity contribution in [3.05, 3.63) is 40.8 Å². The number of anilines is 1. The Morgan fingerprint density at radius 2 is 2.14 bits per heavy atom. The number of nitrogens with zero attached hydrogens (tertiary/aromatic N) is 2. The van der Waals surface area contributed by atoms with Crippen molar-refractivity contribution in [3.8, 4) is 11.3 Å². The van der Waals surface area contributed by atoms with Gasteiger partial charge in [-0.05, 0) is 30.9 Å². The molecule has 0 atom stereocenters. The zero-order valence-electron chi connectivity index (χ0n) is 12.4. The van der Waals surface area contributed by atoms with Gasteiger partial charge in [0.05, 0.1) is 11.2 Å². The van der Waals surface area contributed by atoms with E-state index in [9.17, 15) is 4.79 Å². The van der Waals surface area contributed by atoms with Crippen molar-refractivity contribution in [2.45, 2.75) is 13.8 Å². The van der Waals surface area contributed by atoms with Gasteiger partial charge in [-0.1, -0.05) is 12.1 Å². The summed E-state index contributed by atoms with van der Waals surface area (Å²) >= 11 is 1.56. The summed E-state index contributed by atoms with van der Waals surface area (Å²) in [6.45, 7) is 4.49. The second-order valence-corrected chi connectivity index (χ2v) is 5.62. The number of hydrogen-bond acceptors (Lipinski definition) is 4. The molecular formula is C16H16N4OS. The zero-order valence-corrected chi connectivity index (χ0v) is 13.2. The number of pyridine rings is 1. The van der Waals surface area contributed by atoms with Gasteiger partial charge in [0.15, 0.2) is 0 Å². The lowest BCUT2D eigenvalue weighted by molar-refractivity contribution is 0.252. The smallest absolute Gasteiger partial charge is 0.320 e. The van der Waals surface area contributed by atoms with Crippen LogP contribution in [0, 0.1) is 6.92 Å². The van der Waals surface area contributed by atoms with Gasteiger partial charge in [0.1, 0.15) is 5.82 Å². The first-order valence-corrected chi connectivity index (χ1v) is 7.96. The SMILES string of the molecule is CCNC(=O)Nc1cc2c(-c3cscn3)ccc(C)c2cn1. The number of hydrogen-bond donors (Lipinski definition) is 2. The highest BCUT2D eigenvalue weighted by Crippen LogP contribution is 2.31. The van der Waals surface area contributed by atoms with E-state index in [0.717, 1.165) is 27.6 Å². The minimum absolute atomic E-state index is 0.253. The Morgan fingerprint density at radius 1 is 1.27 bits per heavy atom. The highest BCUT2D eigenvalue weighted by Gasteiger charge is 2.10. The molecule has 6 heteroatoms. The summed E-state index contributed by atoms with van der Waals surface area (Å²) in [5, 5.41) is 9.56. The van der Waals surface area contributed by atoms with Gasteiger partial charge in [-0.25, -0.2) is 14.8 Å². The van der Waals surface area contributed by atoms with Crippen LogP contribution in [-0.2, 0) is 0 Å². The van der Waals surface area contributed by atoms with Crippen LogP contribution in [0.3, 0.4) is 0 Å². The van der Waals surface area contributed by atoms with Crippen LogP contribution < -0.4 is 10.6 Å². The molecule has 0 saturated heterocycles. The average Bonchev–Trinajstić information content (AvgIpc) is 3.02. The van der Waals surface area contributed by atoms with Crippen molar-refractivity contribution >= 4 is 34.0 Å². The predicted octanol–water partition coefficient (Wildman–Crippen LogP) is 3.81. The number of thiazole rings is 1. The monoisotopic (exact) mass is 312 g/mol. The molecule has 5 nitrogen and oxygen atoms in total. The number of aryl methyl sites for hydroxylation is 1. The number of rotatable bonds is 3. The second kappa shape index (κ2) is 6.11. The fourth-order valence-corrected chi connectivity index (χ4v) is 2.89. The molecule has 3 aromatic rings. The number of carbonyl (C=O) groups is 1. The Kier molecular flexibility index (Phi) is 4.02. The van der Waals surface area contributed by atoms with Crippen LogP contribution in [0.1, 0.15) is 12.5 Å². The highest BCUT2D eigenvalue weighted by molar-refractivity contribution is 7.07. The molecule has 1 aromatic carbocycles. The fraction of sp³-hybridized carbons (Fsp3) is 0.188. The normalized spacial score (nSPS) is 10.6.